The molecule has 2 aliphatic rings. The fourth-order valence-electron chi connectivity index (χ4n) is 2.60. The third-order valence-electron chi connectivity index (χ3n) is 3.67. The number of carbonyl (C=O) groups excluding carboxylic acids is 2. The van der Waals surface area contributed by atoms with Crippen molar-refractivity contribution in [2.75, 3.05) is 29.9 Å². The molecular weight excluding hydrogens is 268 g/mol. The molecule has 0 aliphatic carbocycles. The number of amides is 1. The Morgan fingerprint density at radius 3 is 2.89 bits per heavy atom. The number of Topliss-reactive ketones (excluding diaryl/α,β-unsaturated/α-hetero) is 1. The van der Waals surface area contributed by atoms with E-state index in [0.717, 1.165) is 25.2 Å². The van der Waals surface area contributed by atoms with Gasteiger partial charge in [0, 0.05) is 25.6 Å². The van der Waals surface area contributed by atoms with Gasteiger partial charge in [-0.3, -0.25) is 9.59 Å². The summed E-state index contributed by atoms with van der Waals surface area (Å²) in [4.78, 5) is 25.0. The molecular formula is C13H13ClN2O3. The Morgan fingerprint density at radius 1 is 1.42 bits per heavy atom. The second-order valence-corrected chi connectivity index (χ2v) is 5.32. The smallest absolute Gasteiger partial charge is 0.296 e. The number of benzene rings is 1. The van der Waals surface area contributed by atoms with Crippen molar-refractivity contribution in [3.8, 4) is 0 Å². The van der Waals surface area contributed by atoms with Crippen LogP contribution in [-0.4, -0.2) is 36.5 Å². The Bertz CT molecular complexity index is 573. The average molecular weight is 281 g/mol. The Hall–Kier alpha value is -1.59. The molecule has 5 nitrogen and oxygen atoms in total. The number of fused-ring (bicyclic) bond motifs is 1. The van der Waals surface area contributed by atoms with Gasteiger partial charge in [0.1, 0.15) is 0 Å². The van der Waals surface area contributed by atoms with Crippen molar-refractivity contribution in [3.05, 3.63) is 22.7 Å². The molecule has 3 rings (SSSR count). The van der Waals surface area contributed by atoms with Crippen molar-refractivity contribution in [1.29, 1.82) is 0 Å². The van der Waals surface area contributed by atoms with Crippen molar-refractivity contribution in [1.82, 2.24) is 0 Å². The van der Waals surface area contributed by atoms with Crippen LogP contribution in [0.15, 0.2) is 12.1 Å². The molecule has 1 unspecified atom stereocenters. The number of nitrogens with one attached hydrogen (secondary N) is 1. The molecule has 2 aliphatic heterocycles. The second-order valence-electron chi connectivity index (χ2n) is 4.92. The highest BCUT2D eigenvalue weighted by atomic mass is 35.5. The topological polar surface area (TPSA) is 69.6 Å². The Labute approximate surface area is 115 Å². The molecule has 2 heterocycles. The van der Waals surface area contributed by atoms with Gasteiger partial charge in [0.05, 0.1) is 22.0 Å². The van der Waals surface area contributed by atoms with Crippen molar-refractivity contribution in [2.24, 2.45) is 5.92 Å². The Kier molecular flexibility index (Phi) is 2.95. The van der Waals surface area contributed by atoms with E-state index in [4.69, 9.17) is 16.7 Å². The predicted octanol–water partition coefficient (Wildman–Crippen LogP) is 1.29. The lowest BCUT2D eigenvalue weighted by Crippen LogP contribution is -2.21. The van der Waals surface area contributed by atoms with Gasteiger partial charge in [0.2, 0.25) is 0 Å². The highest BCUT2D eigenvalue weighted by molar-refractivity contribution is 6.52. The lowest BCUT2D eigenvalue weighted by atomic mass is 10.1. The third-order valence-corrected chi connectivity index (χ3v) is 3.97. The summed E-state index contributed by atoms with van der Waals surface area (Å²) < 4.78 is 0. The van der Waals surface area contributed by atoms with Crippen molar-refractivity contribution in [3.63, 3.8) is 0 Å². The van der Waals surface area contributed by atoms with Crippen LogP contribution in [-0.2, 0) is 4.79 Å². The SMILES string of the molecule is O=C1Nc2cc(N3CCC(CO)C3)c(Cl)cc2C1=O. The van der Waals surface area contributed by atoms with E-state index in [0.29, 0.717) is 16.3 Å². The average Bonchev–Trinajstić information content (AvgIpc) is 2.96. The molecule has 0 aromatic heterocycles. The molecule has 1 saturated heterocycles. The molecule has 2 N–H and O–H groups in total. The van der Waals surface area contributed by atoms with E-state index in [1.165, 1.54) is 0 Å². The monoisotopic (exact) mass is 280 g/mol. The highest BCUT2D eigenvalue weighted by Gasteiger charge is 2.31. The first-order valence-electron chi connectivity index (χ1n) is 6.15. The number of carbonyl (C=O) groups is 2. The Morgan fingerprint density at radius 2 is 2.21 bits per heavy atom. The van der Waals surface area contributed by atoms with Crippen LogP contribution in [0.4, 0.5) is 11.4 Å². The van der Waals surface area contributed by atoms with Gasteiger partial charge in [-0.2, -0.15) is 0 Å². The molecule has 0 saturated carbocycles. The molecule has 1 amide bonds. The number of ketones is 1. The van der Waals surface area contributed by atoms with Crippen LogP contribution in [0.5, 0.6) is 0 Å². The Balaban J connectivity index is 1.95. The normalized spacial score (nSPS) is 21.8. The molecule has 1 aromatic rings. The van der Waals surface area contributed by atoms with Crippen LogP contribution in [0.2, 0.25) is 5.02 Å². The van der Waals surface area contributed by atoms with Crippen molar-refractivity contribution in [2.45, 2.75) is 6.42 Å². The molecule has 100 valence electrons. The maximum atomic E-state index is 11.6. The van der Waals surface area contributed by atoms with Crippen LogP contribution < -0.4 is 10.2 Å². The number of halogens is 1. The first-order valence-corrected chi connectivity index (χ1v) is 6.53. The molecule has 6 heteroatoms. The van der Waals surface area contributed by atoms with Crippen LogP contribution in [0.25, 0.3) is 0 Å². The van der Waals surface area contributed by atoms with Crippen LogP contribution >= 0.6 is 11.6 Å². The lowest BCUT2D eigenvalue weighted by Gasteiger charge is -2.20. The zero-order valence-corrected chi connectivity index (χ0v) is 10.9. The summed E-state index contributed by atoms with van der Waals surface area (Å²) in [5.41, 5.74) is 1.64. The van der Waals surface area contributed by atoms with Gasteiger partial charge in [0.25, 0.3) is 11.7 Å². The number of hydrogen-bond acceptors (Lipinski definition) is 4. The first-order chi connectivity index (χ1) is 9.10. The van der Waals surface area contributed by atoms with Gasteiger partial charge in [0.15, 0.2) is 0 Å². The van der Waals surface area contributed by atoms with Gasteiger partial charge in [-0.1, -0.05) is 11.6 Å². The van der Waals surface area contributed by atoms with Crippen LogP contribution in [0.1, 0.15) is 16.8 Å². The van der Waals surface area contributed by atoms with E-state index in [9.17, 15) is 9.59 Å². The number of nitrogens with zero attached hydrogens (tertiary/aromatic N) is 1. The van der Waals surface area contributed by atoms with Crippen molar-refractivity contribution >= 4 is 34.7 Å². The van der Waals surface area contributed by atoms with E-state index in [2.05, 4.69) is 10.2 Å². The van der Waals surface area contributed by atoms with E-state index >= 15 is 0 Å². The van der Waals surface area contributed by atoms with Crippen LogP contribution in [0.3, 0.4) is 0 Å². The zero-order valence-electron chi connectivity index (χ0n) is 10.1. The fraction of sp³-hybridized carbons (Fsp3) is 0.385. The maximum Gasteiger partial charge on any atom is 0.296 e. The number of rotatable bonds is 2. The summed E-state index contributed by atoms with van der Waals surface area (Å²) in [5.74, 6) is -0.906. The minimum absolute atomic E-state index is 0.161. The highest BCUT2D eigenvalue weighted by Crippen LogP contribution is 2.37. The first kappa shape index (κ1) is 12.4. The molecule has 19 heavy (non-hydrogen) atoms. The molecule has 0 radical (unpaired) electrons. The number of anilines is 2. The third kappa shape index (κ3) is 1.99. The summed E-state index contributed by atoms with van der Waals surface area (Å²) in [5, 5.41) is 12.2. The minimum atomic E-state index is -0.613. The van der Waals surface area contributed by atoms with Crippen LogP contribution in [0, 0.1) is 5.92 Å². The predicted molar refractivity (Wildman–Crippen MR) is 71.8 cm³/mol. The lowest BCUT2D eigenvalue weighted by molar-refractivity contribution is -0.112. The fourth-order valence-corrected chi connectivity index (χ4v) is 2.88. The van der Waals surface area contributed by atoms with Gasteiger partial charge >= 0.3 is 0 Å². The van der Waals surface area contributed by atoms with E-state index in [1.807, 2.05) is 0 Å². The summed E-state index contributed by atoms with van der Waals surface area (Å²) >= 11 is 6.20. The molecule has 0 bridgehead atoms. The largest absolute Gasteiger partial charge is 0.396 e. The summed E-state index contributed by atoms with van der Waals surface area (Å²) in [7, 11) is 0. The maximum absolute atomic E-state index is 11.6. The molecule has 1 aromatic carbocycles. The van der Waals surface area contributed by atoms with Gasteiger partial charge in [-0.25, -0.2) is 0 Å². The number of hydrogen-bond donors (Lipinski definition) is 2. The van der Waals surface area contributed by atoms with Crippen molar-refractivity contribution < 1.29 is 14.7 Å². The summed E-state index contributed by atoms with van der Waals surface area (Å²) in [6, 6.07) is 3.28. The minimum Gasteiger partial charge on any atom is -0.396 e. The second kappa shape index (κ2) is 4.51. The molecule has 1 fully saturated rings. The van der Waals surface area contributed by atoms with E-state index in [-0.39, 0.29) is 12.5 Å². The van der Waals surface area contributed by atoms with E-state index < -0.39 is 11.7 Å². The molecule has 1 atom stereocenters. The standard InChI is InChI=1S/C13H13ClN2O3/c14-9-3-8-10(15-13(19)12(8)18)4-11(9)16-2-1-7(5-16)6-17/h3-4,7,17H,1-2,5-6H2,(H,15,18,19). The summed E-state index contributed by atoms with van der Waals surface area (Å²) in [6.07, 6.45) is 0.912. The van der Waals surface area contributed by atoms with Gasteiger partial charge in [-0.05, 0) is 18.6 Å². The quantitative estimate of drug-likeness (QED) is 0.801. The van der Waals surface area contributed by atoms with E-state index in [1.54, 1.807) is 12.1 Å². The number of aliphatic hydroxyl groups is 1. The zero-order chi connectivity index (χ0) is 13.6. The summed E-state index contributed by atoms with van der Waals surface area (Å²) in [6.45, 7) is 1.71. The number of aliphatic hydroxyl groups excluding tert-OH is 1. The molecule has 0 spiro atoms. The van der Waals surface area contributed by atoms with Gasteiger partial charge < -0.3 is 15.3 Å². The van der Waals surface area contributed by atoms with Gasteiger partial charge in [-0.15, -0.1) is 0 Å².